The zero-order valence-corrected chi connectivity index (χ0v) is 18.0. The molecule has 0 aliphatic heterocycles. The molecule has 1 aromatic rings. The normalized spacial score (nSPS) is 13.6. The molecule has 0 radical (unpaired) electrons. The van der Waals surface area contributed by atoms with Gasteiger partial charge in [-0.05, 0) is 49.5 Å². The second kappa shape index (κ2) is 9.11. The molecule has 6 heteroatoms. The first-order valence-corrected chi connectivity index (χ1v) is 12.6. The average molecular weight is 416 g/mol. The Balaban J connectivity index is 2.96. The molecule has 0 amide bonds. The Kier molecular flexibility index (Phi) is 8.09. The van der Waals surface area contributed by atoms with Crippen molar-refractivity contribution in [2.45, 2.75) is 64.1 Å². The van der Waals surface area contributed by atoms with E-state index in [2.05, 4.69) is 34.8 Å². The largest absolute Gasteiger partial charge is 0.466 e. The predicted molar refractivity (Wildman–Crippen MR) is 104 cm³/mol. The molecule has 0 aliphatic rings. The minimum Gasteiger partial charge on any atom is -0.466 e. The Labute approximate surface area is 155 Å². The average Bonchev–Trinajstić information content (AvgIpc) is 2.50. The number of halogens is 1. The molecule has 1 unspecified atom stereocenters. The lowest BCUT2D eigenvalue weighted by atomic mass is 9.91. The number of hydrogen-bond donors (Lipinski definition) is 1. The van der Waals surface area contributed by atoms with Gasteiger partial charge in [0, 0.05) is 29.6 Å². The van der Waals surface area contributed by atoms with E-state index >= 15 is 0 Å². The van der Waals surface area contributed by atoms with E-state index in [0.717, 1.165) is 23.0 Å². The van der Waals surface area contributed by atoms with Crippen LogP contribution in [0.5, 0.6) is 0 Å². The maximum Gasteiger partial charge on any atom is 0.306 e. The highest BCUT2D eigenvalue weighted by Gasteiger charge is 2.40. The molecule has 1 N–H and O–H groups in total. The van der Waals surface area contributed by atoms with Gasteiger partial charge >= 0.3 is 5.97 Å². The van der Waals surface area contributed by atoms with Gasteiger partial charge in [0.05, 0.1) is 6.61 Å². The van der Waals surface area contributed by atoms with Crippen molar-refractivity contribution in [1.82, 2.24) is 4.98 Å². The van der Waals surface area contributed by atoms with Crippen LogP contribution in [0.2, 0.25) is 18.1 Å². The highest BCUT2D eigenvalue weighted by atomic mass is 79.9. The number of carbonyl (C=O) groups excluding carboxylic acids is 1. The van der Waals surface area contributed by atoms with E-state index in [1.54, 1.807) is 6.20 Å². The van der Waals surface area contributed by atoms with Crippen LogP contribution < -0.4 is 0 Å². The van der Waals surface area contributed by atoms with Crippen molar-refractivity contribution >= 4 is 30.2 Å². The Morgan fingerprint density at radius 2 is 2.12 bits per heavy atom. The van der Waals surface area contributed by atoms with Crippen LogP contribution in [0.1, 0.15) is 50.8 Å². The van der Waals surface area contributed by atoms with Gasteiger partial charge in [0.2, 0.25) is 0 Å². The first-order valence-electron chi connectivity index (χ1n) is 8.50. The summed E-state index contributed by atoms with van der Waals surface area (Å²) >= 11 is 3.61. The molecule has 1 aromatic heterocycles. The lowest BCUT2D eigenvalue weighted by molar-refractivity contribution is -0.143. The number of aryl methyl sites for hydroxylation is 1. The third-order valence-electron chi connectivity index (χ3n) is 4.82. The minimum absolute atomic E-state index is 0.124. The molecule has 136 valence electrons. The van der Waals surface area contributed by atoms with Crippen LogP contribution in [0.3, 0.4) is 0 Å². The molecule has 0 spiro atoms. The summed E-state index contributed by atoms with van der Waals surface area (Å²) in [4.78, 5) is 26.8. The maximum absolute atomic E-state index is 11.6. The quantitative estimate of drug-likeness (QED) is 0.368. The van der Waals surface area contributed by atoms with Crippen molar-refractivity contribution in [3.8, 4) is 0 Å². The second-order valence-corrected chi connectivity index (χ2v) is 12.5. The number of esters is 1. The van der Waals surface area contributed by atoms with Crippen molar-refractivity contribution in [3.63, 3.8) is 0 Å². The molecule has 0 saturated heterocycles. The Morgan fingerprint density at radius 1 is 1.46 bits per heavy atom. The molecule has 0 bridgehead atoms. The van der Waals surface area contributed by atoms with Gasteiger partial charge in [0.25, 0.3) is 0 Å². The Hall–Kier alpha value is -0.723. The van der Waals surface area contributed by atoms with E-state index in [4.69, 9.17) is 4.74 Å². The number of pyridine rings is 1. The summed E-state index contributed by atoms with van der Waals surface area (Å²) < 4.78 is 5.02. The summed E-state index contributed by atoms with van der Waals surface area (Å²) in [7, 11) is -2.28. The number of ether oxygens (including phenoxy) is 1. The number of rotatable bonds is 9. The third kappa shape index (κ3) is 5.97. The molecule has 0 aliphatic carbocycles. The number of alkyl halides is 1. The van der Waals surface area contributed by atoms with E-state index in [-0.39, 0.29) is 16.9 Å². The monoisotopic (exact) mass is 415 g/mol. The topological polar surface area (TPSA) is 59.4 Å². The first-order chi connectivity index (χ1) is 11.1. The predicted octanol–water partition coefficient (Wildman–Crippen LogP) is 4.42. The molecule has 0 aromatic carbocycles. The van der Waals surface area contributed by atoms with Crippen molar-refractivity contribution in [3.05, 3.63) is 29.6 Å². The van der Waals surface area contributed by atoms with Gasteiger partial charge in [-0.15, -0.1) is 0 Å². The molecule has 1 atom stereocenters. The van der Waals surface area contributed by atoms with Crippen molar-refractivity contribution in [2.75, 3.05) is 11.9 Å². The van der Waals surface area contributed by atoms with E-state index in [9.17, 15) is 9.59 Å². The third-order valence-corrected chi connectivity index (χ3v) is 9.11. The smallest absolute Gasteiger partial charge is 0.306 e. The van der Waals surface area contributed by atoms with Crippen LogP contribution in [0, 0.1) is 0 Å². The molecular weight excluding hydrogens is 386 g/mol. The molecule has 0 fully saturated rings. The van der Waals surface area contributed by atoms with Crippen molar-refractivity contribution in [1.29, 1.82) is 0 Å². The van der Waals surface area contributed by atoms with Crippen LogP contribution in [0.4, 0.5) is 0 Å². The lowest BCUT2D eigenvalue weighted by Gasteiger charge is -2.37. The second-order valence-electron chi connectivity index (χ2n) is 7.35. The fourth-order valence-electron chi connectivity index (χ4n) is 2.59. The lowest BCUT2D eigenvalue weighted by Crippen LogP contribution is -2.40. The van der Waals surface area contributed by atoms with Gasteiger partial charge in [-0.3, -0.25) is 9.78 Å². The summed E-state index contributed by atoms with van der Waals surface area (Å²) in [6.07, 6.45) is 3.65. The Morgan fingerprint density at radius 3 is 2.67 bits per heavy atom. The van der Waals surface area contributed by atoms with Gasteiger partial charge in [-0.2, -0.15) is 0 Å². The summed E-state index contributed by atoms with van der Waals surface area (Å²) in [5, 5.41) is 0.658. The molecule has 1 heterocycles. The summed E-state index contributed by atoms with van der Waals surface area (Å²) in [5.41, 5.74) is 2.10. The standard InChI is InChI=1S/C18H30BrNO3Si/c1-6-23-16(21)10-9-14-8-7-11-20-17(14)15(13-19)12-18(2,3)24(4,5)22/h7-8,11,15,22H,6,9-10,12-13H2,1-5H3. The summed E-state index contributed by atoms with van der Waals surface area (Å²) in [5.74, 6) is 0.0317. The molecule has 0 saturated carbocycles. The van der Waals surface area contributed by atoms with Crippen LogP contribution >= 0.6 is 15.9 Å². The van der Waals surface area contributed by atoms with Crippen LogP contribution in [0.15, 0.2) is 18.3 Å². The van der Waals surface area contributed by atoms with Gasteiger partial charge in [-0.25, -0.2) is 0 Å². The fourth-order valence-corrected chi connectivity index (χ4v) is 3.87. The highest BCUT2D eigenvalue weighted by molar-refractivity contribution is 9.09. The maximum atomic E-state index is 11.6. The van der Waals surface area contributed by atoms with Crippen LogP contribution in [-0.4, -0.2) is 36.0 Å². The van der Waals surface area contributed by atoms with Crippen molar-refractivity contribution < 1.29 is 14.3 Å². The van der Waals surface area contributed by atoms with Crippen LogP contribution in [0.25, 0.3) is 0 Å². The van der Waals surface area contributed by atoms with Gasteiger partial charge in [-0.1, -0.05) is 35.8 Å². The minimum atomic E-state index is -2.28. The van der Waals surface area contributed by atoms with E-state index in [1.165, 1.54) is 0 Å². The number of carbonyl (C=O) groups is 1. The number of hydrogen-bond acceptors (Lipinski definition) is 4. The SMILES string of the molecule is CCOC(=O)CCc1cccnc1C(CBr)CC(C)(C)[Si](C)(C)O. The van der Waals surface area contributed by atoms with Crippen molar-refractivity contribution in [2.24, 2.45) is 0 Å². The van der Waals surface area contributed by atoms with Gasteiger partial charge in [0.15, 0.2) is 8.32 Å². The molecule has 24 heavy (non-hydrogen) atoms. The van der Waals surface area contributed by atoms with Gasteiger partial charge in [0.1, 0.15) is 0 Å². The zero-order valence-electron chi connectivity index (χ0n) is 15.4. The van der Waals surface area contributed by atoms with Crippen LogP contribution in [-0.2, 0) is 16.0 Å². The highest BCUT2D eigenvalue weighted by Crippen LogP contribution is 2.44. The molecule has 1 rings (SSSR count). The number of aromatic nitrogens is 1. The molecular formula is C18H30BrNO3Si. The summed E-state index contributed by atoms with van der Waals surface area (Å²) in [6, 6.07) is 3.94. The van der Waals surface area contributed by atoms with E-state index < -0.39 is 8.32 Å². The number of nitrogens with zero attached hydrogens (tertiary/aromatic N) is 1. The Bertz CT molecular complexity index is 543. The molecule has 4 nitrogen and oxygen atoms in total. The fraction of sp³-hybridized carbons (Fsp3) is 0.667. The first kappa shape index (κ1) is 21.3. The van der Waals surface area contributed by atoms with E-state index in [0.29, 0.717) is 19.4 Å². The zero-order chi connectivity index (χ0) is 18.4. The summed E-state index contributed by atoms with van der Waals surface area (Å²) in [6.45, 7) is 10.5. The van der Waals surface area contributed by atoms with Gasteiger partial charge < -0.3 is 9.53 Å². The van der Waals surface area contributed by atoms with E-state index in [1.807, 2.05) is 32.2 Å².